The van der Waals surface area contributed by atoms with Gasteiger partial charge in [0, 0.05) is 10.7 Å². The Morgan fingerprint density at radius 1 is 1.55 bits per heavy atom. The maximum absolute atomic E-state index is 5.50. The molecule has 0 saturated heterocycles. The fourth-order valence-corrected chi connectivity index (χ4v) is 1.26. The highest BCUT2D eigenvalue weighted by Crippen LogP contribution is 2.19. The van der Waals surface area contributed by atoms with Crippen molar-refractivity contribution in [1.29, 1.82) is 0 Å². The molecule has 2 heterocycles. The van der Waals surface area contributed by atoms with Gasteiger partial charge in [-0.25, -0.2) is 4.98 Å². The van der Waals surface area contributed by atoms with E-state index in [1.165, 1.54) is 0 Å². The second-order valence-electron chi connectivity index (χ2n) is 1.94. The first-order valence-corrected chi connectivity index (χ1v) is 4.00. The molecule has 0 aromatic carbocycles. The number of fused-ring (bicyclic) bond motifs is 1. The summed E-state index contributed by atoms with van der Waals surface area (Å²) in [7, 11) is 0. The molecule has 0 fully saturated rings. The lowest BCUT2D eigenvalue weighted by Crippen LogP contribution is -1.72. The summed E-state index contributed by atoms with van der Waals surface area (Å²) in [5, 5.41) is 0.116. The molecule has 3 nitrogen and oxygen atoms in total. The van der Waals surface area contributed by atoms with E-state index in [2.05, 4.69) is 25.9 Å². The highest BCUT2D eigenvalue weighted by Gasteiger charge is 2.03. The zero-order valence-corrected chi connectivity index (χ0v) is 7.56. The zero-order chi connectivity index (χ0) is 7.84. The second kappa shape index (κ2) is 2.46. The molecule has 0 spiro atoms. The van der Waals surface area contributed by atoms with E-state index < -0.39 is 0 Å². The summed E-state index contributed by atoms with van der Waals surface area (Å²) in [5.41, 5.74) is 1.11. The summed E-state index contributed by atoms with van der Waals surface area (Å²) in [4.78, 5) is 7.82. The van der Waals surface area contributed by atoms with E-state index >= 15 is 0 Å². The van der Waals surface area contributed by atoms with Crippen molar-refractivity contribution < 1.29 is 4.42 Å². The van der Waals surface area contributed by atoms with E-state index in [-0.39, 0.29) is 5.35 Å². The van der Waals surface area contributed by atoms with Crippen molar-refractivity contribution in [2.45, 2.75) is 0 Å². The molecule has 2 rings (SSSR count). The largest absolute Gasteiger partial charge is 0.408 e. The van der Waals surface area contributed by atoms with Crippen molar-refractivity contribution in [1.82, 2.24) is 9.97 Å². The first kappa shape index (κ1) is 7.06. The fourth-order valence-electron chi connectivity index (χ4n) is 0.772. The molecule has 0 saturated carbocycles. The Hall–Kier alpha value is -0.610. The van der Waals surface area contributed by atoms with Crippen LogP contribution < -0.4 is 0 Å². The van der Waals surface area contributed by atoms with Crippen LogP contribution in [0.15, 0.2) is 21.2 Å². The van der Waals surface area contributed by atoms with Crippen LogP contribution in [0, 0.1) is 0 Å². The van der Waals surface area contributed by atoms with E-state index in [4.69, 9.17) is 16.0 Å². The van der Waals surface area contributed by atoms with Gasteiger partial charge in [0.15, 0.2) is 0 Å². The Labute approximate surface area is 75.5 Å². The predicted octanol–water partition coefficient (Wildman–Crippen LogP) is 2.64. The number of halogens is 2. The van der Waals surface area contributed by atoms with Gasteiger partial charge < -0.3 is 4.42 Å². The Kier molecular flexibility index (Phi) is 1.58. The van der Waals surface area contributed by atoms with Crippen molar-refractivity contribution >= 4 is 38.8 Å². The topological polar surface area (TPSA) is 38.9 Å². The number of hydrogen-bond donors (Lipinski definition) is 0. The van der Waals surface area contributed by atoms with Crippen LogP contribution >= 0.6 is 27.5 Å². The van der Waals surface area contributed by atoms with Gasteiger partial charge in [0.2, 0.25) is 5.71 Å². The molecule has 0 atom stereocenters. The summed E-state index contributed by atoms with van der Waals surface area (Å²) < 4.78 is 5.80. The summed E-state index contributed by atoms with van der Waals surface area (Å²) in [5.74, 6) is 0. The van der Waals surface area contributed by atoms with E-state index in [1.54, 1.807) is 12.3 Å². The highest BCUT2D eigenvalue weighted by atomic mass is 79.9. The Morgan fingerprint density at radius 2 is 2.36 bits per heavy atom. The van der Waals surface area contributed by atoms with Crippen LogP contribution in [0.1, 0.15) is 0 Å². The number of nitrogens with zero attached hydrogens (tertiary/aromatic N) is 2. The van der Waals surface area contributed by atoms with Crippen molar-refractivity contribution in [3.05, 3.63) is 22.1 Å². The molecule has 0 aliphatic rings. The van der Waals surface area contributed by atoms with Gasteiger partial charge in [-0.15, -0.1) is 0 Å². The summed E-state index contributed by atoms with van der Waals surface area (Å²) in [6.07, 6.45) is 1.63. The van der Waals surface area contributed by atoms with Gasteiger partial charge in [0.1, 0.15) is 5.52 Å². The Balaban J connectivity index is 2.82. The van der Waals surface area contributed by atoms with Crippen molar-refractivity contribution in [3.8, 4) is 0 Å². The zero-order valence-electron chi connectivity index (χ0n) is 5.21. The van der Waals surface area contributed by atoms with Gasteiger partial charge in [-0.3, -0.25) is 0 Å². The number of hydrogen-bond acceptors (Lipinski definition) is 3. The van der Waals surface area contributed by atoms with Gasteiger partial charge in [-0.1, -0.05) is 0 Å². The lowest BCUT2D eigenvalue weighted by molar-refractivity contribution is 0.593. The third-order valence-corrected chi connectivity index (χ3v) is 1.78. The minimum atomic E-state index is 0.116. The van der Waals surface area contributed by atoms with E-state index in [0.29, 0.717) is 11.2 Å². The molecule has 11 heavy (non-hydrogen) atoms. The number of aromatic nitrogens is 2. The minimum absolute atomic E-state index is 0.116. The molecule has 2 aromatic heterocycles. The molecule has 0 unspecified atom stereocenters. The lowest BCUT2D eigenvalue weighted by atomic mass is 10.4. The molecule has 0 bridgehead atoms. The highest BCUT2D eigenvalue weighted by molar-refractivity contribution is 9.10. The van der Waals surface area contributed by atoms with E-state index in [9.17, 15) is 0 Å². The molecule has 0 amide bonds. The monoisotopic (exact) mass is 232 g/mol. The van der Waals surface area contributed by atoms with Gasteiger partial charge in [-0.05, 0) is 33.6 Å². The van der Waals surface area contributed by atoms with Crippen molar-refractivity contribution in [3.63, 3.8) is 0 Å². The number of oxazole rings is 1. The van der Waals surface area contributed by atoms with E-state index in [0.717, 1.165) is 4.47 Å². The van der Waals surface area contributed by atoms with Crippen LogP contribution in [0.25, 0.3) is 11.2 Å². The lowest BCUT2D eigenvalue weighted by Gasteiger charge is -1.84. The van der Waals surface area contributed by atoms with Gasteiger partial charge in [0.05, 0.1) is 0 Å². The van der Waals surface area contributed by atoms with Crippen molar-refractivity contribution in [2.75, 3.05) is 0 Å². The fraction of sp³-hybridized carbons (Fsp3) is 0. The Bertz CT molecular complexity index is 400. The Morgan fingerprint density at radius 3 is 3.18 bits per heavy atom. The molecule has 56 valence electrons. The van der Waals surface area contributed by atoms with Crippen LogP contribution in [0.2, 0.25) is 5.35 Å². The average molecular weight is 233 g/mol. The first-order chi connectivity index (χ1) is 5.25. The van der Waals surface area contributed by atoms with Gasteiger partial charge in [-0.2, -0.15) is 4.98 Å². The molecular weight excluding hydrogens is 231 g/mol. The standard InChI is InChI=1S/C6H2BrClN2O/c7-3-1-4-5(9-2-3)11-6(8)10-4/h1-2H. The van der Waals surface area contributed by atoms with Gasteiger partial charge >= 0.3 is 0 Å². The van der Waals surface area contributed by atoms with Crippen LogP contribution in [0.5, 0.6) is 0 Å². The third-order valence-electron chi connectivity index (χ3n) is 1.19. The summed E-state index contributed by atoms with van der Waals surface area (Å²) in [6.45, 7) is 0. The van der Waals surface area contributed by atoms with Crippen LogP contribution in [-0.2, 0) is 0 Å². The molecular formula is C6H2BrClN2O. The summed E-state index contributed by atoms with van der Waals surface area (Å²) >= 11 is 8.76. The molecule has 0 aliphatic carbocycles. The molecule has 0 N–H and O–H groups in total. The van der Waals surface area contributed by atoms with E-state index in [1.807, 2.05) is 0 Å². The molecule has 5 heteroatoms. The van der Waals surface area contributed by atoms with Crippen LogP contribution in [0.3, 0.4) is 0 Å². The van der Waals surface area contributed by atoms with Crippen LogP contribution in [0.4, 0.5) is 0 Å². The van der Waals surface area contributed by atoms with Gasteiger partial charge in [0.25, 0.3) is 5.35 Å². The molecule has 2 aromatic rings. The predicted molar refractivity (Wildman–Crippen MR) is 44.5 cm³/mol. The summed E-state index contributed by atoms with van der Waals surface area (Å²) in [6, 6.07) is 1.79. The quantitative estimate of drug-likeness (QED) is 0.702. The maximum atomic E-state index is 5.50. The molecule has 0 radical (unpaired) electrons. The minimum Gasteiger partial charge on any atom is -0.408 e. The number of rotatable bonds is 0. The normalized spacial score (nSPS) is 10.7. The smallest absolute Gasteiger partial charge is 0.294 e. The molecule has 0 aliphatic heterocycles. The average Bonchev–Trinajstić information content (AvgIpc) is 2.27. The third kappa shape index (κ3) is 1.23. The van der Waals surface area contributed by atoms with Crippen LogP contribution in [-0.4, -0.2) is 9.97 Å². The SMILES string of the molecule is Clc1nc2cc(Br)cnc2o1. The van der Waals surface area contributed by atoms with Crippen molar-refractivity contribution in [2.24, 2.45) is 0 Å². The number of pyridine rings is 1. The first-order valence-electron chi connectivity index (χ1n) is 2.83. The second-order valence-corrected chi connectivity index (χ2v) is 3.18. The maximum Gasteiger partial charge on any atom is 0.294 e.